The molecule has 0 radical (unpaired) electrons. The second kappa shape index (κ2) is 9.77. The predicted molar refractivity (Wildman–Crippen MR) is 144 cm³/mol. The fourth-order valence-corrected chi connectivity index (χ4v) is 6.08. The molecule has 0 unspecified atom stereocenters. The minimum atomic E-state index is -1.14. The van der Waals surface area contributed by atoms with Crippen molar-refractivity contribution < 1.29 is 19.4 Å². The van der Waals surface area contributed by atoms with E-state index in [2.05, 4.69) is 20.5 Å². The van der Waals surface area contributed by atoms with Gasteiger partial charge in [0.05, 0.1) is 28.6 Å². The summed E-state index contributed by atoms with van der Waals surface area (Å²) in [5, 5.41) is 20.5. The van der Waals surface area contributed by atoms with Crippen LogP contribution in [0.3, 0.4) is 0 Å². The highest BCUT2D eigenvalue weighted by Crippen LogP contribution is 2.53. The van der Waals surface area contributed by atoms with E-state index in [1.165, 1.54) is 12.1 Å². The average Bonchev–Trinajstić information content (AvgIpc) is 3.38. The molecule has 2 amide bonds. The lowest BCUT2D eigenvalue weighted by Gasteiger charge is -2.40. The van der Waals surface area contributed by atoms with E-state index in [9.17, 15) is 19.5 Å². The first-order valence-corrected chi connectivity index (χ1v) is 13.1. The number of halogens is 1. The number of aromatic nitrogens is 3. The quantitative estimate of drug-likeness (QED) is 0.427. The Morgan fingerprint density at radius 3 is 2.64 bits per heavy atom. The van der Waals surface area contributed by atoms with Crippen LogP contribution in [0.4, 0.5) is 0 Å². The summed E-state index contributed by atoms with van der Waals surface area (Å²) < 4.78 is 5.70. The minimum Gasteiger partial charge on any atom is -0.450 e. The van der Waals surface area contributed by atoms with E-state index in [-0.39, 0.29) is 17.4 Å². The third kappa shape index (κ3) is 4.79. The molecule has 4 heterocycles. The molecule has 0 spiro atoms. The molecule has 0 bridgehead atoms. The number of nitrogens with zero attached hydrogens (tertiary/aromatic N) is 3. The topological polar surface area (TPSA) is 138 Å². The smallest absolute Gasteiger partial charge is 0.307 e. The van der Waals surface area contributed by atoms with Gasteiger partial charge in [0.15, 0.2) is 5.75 Å². The van der Waals surface area contributed by atoms with Gasteiger partial charge in [0, 0.05) is 17.5 Å². The molecular formula is C28H30ClN5O5. The zero-order valence-electron chi connectivity index (χ0n) is 22.1. The van der Waals surface area contributed by atoms with Gasteiger partial charge >= 0.3 is 5.56 Å². The average molecular weight is 552 g/mol. The largest absolute Gasteiger partial charge is 0.450 e. The fourth-order valence-electron chi connectivity index (χ4n) is 5.77. The number of ether oxygens (including phenoxy) is 1. The van der Waals surface area contributed by atoms with Crippen molar-refractivity contribution in [2.24, 2.45) is 0 Å². The van der Waals surface area contributed by atoms with Crippen molar-refractivity contribution in [1.82, 2.24) is 25.4 Å². The van der Waals surface area contributed by atoms with E-state index in [1.807, 2.05) is 18.2 Å². The number of H-pyrrole nitrogens is 1. The van der Waals surface area contributed by atoms with Gasteiger partial charge in [-0.2, -0.15) is 5.10 Å². The molecule has 3 N–H and O–H groups in total. The van der Waals surface area contributed by atoms with Crippen molar-refractivity contribution in [3.63, 3.8) is 0 Å². The summed E-state index contributed by atoms with van der Waals surface area (Å²) in [7, 11) is 0. The van der Waals surface area contributed by atoms with Gasteiger partial charge in [-0.3, -0.25) is 14.4 Å². The van der Waals surface area contributed by atoms with Crippen LogP contribution in [0.25, 0.3) is 0 Å². The van der Waals surface area contributed by atoms with Crippen LogP contribution in [0.2, 0.25) is 5.02 Å². The molecule has 2 aromatic heterocycles. The number of hydrogen-bond acceptors (Lipinski definition) is 7. The van der Waals surface area contributed by atoms with Crippen LogP contribution in [-0.4, -0.2) is 54.7 Å². The number of carbonyl (C=O) groups excluding carboxylic acids is 2. The molecular weight excluding hydrogens is 522 g/mol. The molecule has 1 aromatic carbocycles. The van der Waals surface area contributed by atoms with Gasteiger partial charge in [0.2, 0.25) is 5.91 Å². The van der Waals surface area contributed by atoms with E-state index in [1.54, 1.807) is 44.7 Å². The molecule has 204 valence electrons. The van der Waals surface area contributed by atoms with E-state index in [4.69, 9.17) is 16.3 Å². The van der Waals surface area contributed by atoms with Crippen molar-refractivity contribution in [1.29, 1.82) is 0 Å². The number of pyridine rings is 1. The number of rotatable bonds is 6. The van der Waals surface area contributed by atoms with Crippen LogP contribution in [0, 0.1) is 13.8 Å². The Balaban J connectivity index is 1.40. The summed E-state index contributed by atoms with van der Waals surface area (Å²) in [5.74, 6) is -0.411. The molecule has 10 nitrogen and oxygen atoms in total. The van der Waals surface area contributed by atoms with Gasteiger partial charge in [-0.1, -0.05) is 29.8 Å². The Morgan fingerprint density at radius 2 is 1.95 bits per heavy atom. The minimum absolute atomic E-state index is 0.0629. The maximum absolute atomic E-state index is 13.8. The van der Waals surface area contributed by atoms with Crippen molar-refractivity contribution in [2.75, 3.05) is 0 Å². The molecule has 0 saturated carbocycles. The lowest BCUT2D eigenvalue weighted by Crippen LogP contribution is -2.53. The normalized spacial score (nSPS) is 22.6. The molecule has 3 atom stereocenters. The standard InChI is InChI=1S/C28H30ClN5O5/c1-15-13-22(25(36)33-32-15)39-21-10-9-19(30-16(21)2)24(35)31-20-14-28(17-7-5-6-8-18(17)29)12-11-23(27(3,4)38)34(28)26(20)37/h5-10,13,20,23,38H,11-12,14H2,1-4H3,(H,31,35)(H,33,36)/t20-,23+,28+/m0/s1. The highest BCUT2D eigenvalue weighted by Gasteiger charge is 2.61. The number of benzene rings is 1. The van der Waals surface area contributed by atoms with E-state index < -0.39 is 34.7 Å². The molecule has 2 fully saturated rings. The van der Waals surface area contributed by atoms with E-state index in [0.717, 1.165) is 5.56 Å². The van der Waals surface area contributed by atoms with Gasteiger partial charge in [-0.25, -0.2) is 10.1 Å². The lowest BCUT2D eigenvalue weighted by atomic mass is 9.84. The molecule has 0 aliphatic carbocycles. The number of amides is 2. The maximum Gasteiger partial charge on any atom is 0.307 e. The number of nitrogens with one attached hydrogen (secondary N) is 2. The summed E-state index contributed by atoms with van der Waals surface area (Å²) in [4.78, 5) is 45.1. The van der Waals surface area contributed by atoms with Crippen LogP contribution in [-0.2, 0) is 10.3 Å². The monoisotopic (exact) mass is 551 g/mol. The van der Waals surface area contributed by atoms with Crippen LogP contribution in [0.5, 0.6) is 11.5 Å². The molecule has 2 saturated heterocycles. The van der Waals surface area contributed by atoms with Gasteiger partial charge in [0.25, 0.3) is 5.91 Å². The summed E-state index contributed by atoms with van der Waals surface area (Å²) >= 11 is 6.60. The van der Waals surface area contributed by atoms with Crippen molar-refractivity contribution in [2.45, 2.75) is 70.2 Å². The Bertz CT molecular complexity index is 1520. The molecule has 2 aliphatic heterocycles. The number of aryl methyl sites for hydroxylation is 2. The molecule has 3 aromatic rings. The second-order valence-electron chi connectivity index (χ2n) is 10.7. The van der Waals surface area contributed by atoms with E-state index >= 15 is 0 Å². The highest BCUT2D eigenvalue weighted by atomic mass is 35.5. The zero-order chi connectivity index (χ0) is 28.1. The van der Waals surface area contributed by atoms with Crippen molar-refractivity contribution in [3.05, 3.63) is 80.5 Å². The third-order valence-electron chi connectivity index (χ3n) is 7.56. The van der Waals surface area contributed by atoms with Crippen LogP contribution >= 0.6 is 11.6 Å². The van der Waals surface area contributed by atoms with Crippen molar-refractivity contribution >= 4 is 23.4 Å². The molecule has 2 aliphatic rings. The Hall–Kier alpha value is -3.76. The number of hydrogen-bond donors (Lipinski definition) is 3. The van der Waals surface area contributed by atoms with Crippen LogP contribution < -0.4 is 15.6 Å². The van der Waals surface area contributed by atoms with Gasteiger partial charge < -0.3 is 20.1 Å². The summed E-state index contributed by atoms with van der Waals surface area (Å²) in [5.41, 5.74) is -0.487. The first-order chi connectivity index (χ1) is 18.4. The Morgan fingerprint density at radius 1 is 1.21 bits per heavy atom. The highest BCUT2D eigenvalue weighted by molar-refractivity contribution is 6.31. The second-order valence-corrected chi connectivity index (χ2v) is 11.1. The molecule has 11 heteroatoms. The fraction of sp³-hybridized carbons (Fsp3) is 0.393. The van der Waals surface area contributed by atoms with Gasteiger partial charge in [-0.15, -0.1) is 0 Å². The van der Waals surface area contributed by atoms with Gasteiger partial charge in [-0.05, 0) is 64.3 Å². The Labute approximate surface area is 230 Å². The maximum atomic E-state index is 13.8. The summed E-state index contributed by atoms with van der Waals surface area (Å²) in [6.07, 6.45) is 1.54. The predicted octanol–water partition coefficient (Wildman–Crippen LogP) is 3.39. The van der Waals surface area contributed by atoms with Crippen LogP contribution in [0.1, 0.15) is 60.5 Å². The summed E-state index contributed by atoms with van der Waals surface area (Å²) in [6, 6.07) is 10.7. The van der Waals surface area contributed by atoms with Crippen LogP contribution in [0.15, 0.2) is 47.3 Å². The first kappa shape index (κ1) is 26.8. The lowest BCUT2D eigenvalue weighted by molar-refractivity contribution is -0.138. The Kier molecular flexibility index (Phi) is 6.72. The number of carbonyl (C=O) groups is 2. The first-order valence-electron chi connectivity index (χ1n) is 12.7. The number of fused-ring (bicyclic) bond motifs is 1. The van der Waals surface area contributed by atoms with Gasteiger partial charge in [0.1, 0.15) is 17.5 Å². The zero-order valence-corrected chi connectivity index (χ0v) is 22.9. The van der Waals surface area contributed by atoms with Crippen molar-refractivity contribution in [3.8, 4) is 11.5 Å². The SMILES string of the molecule is Cc1cc(Oc2ccc(C(=O)N[C@H]3C[C@@]4(c5ccccc5Cl)CC[C@H](C(C)(C)O)N4C3=O)nc2C)c(=O)[nH]n1. The van der Waals surface area contributed by atoms with E-state index in [0.29, 0.717) is 41.4 Å². The summed E-state index contributed by atoms with van der Waals surface area (Å²) in [6.45, 7) is 6.76. The number of aliphatic hydroxyl groups is 1. The third-order valence-corrected chi connectivity index (χ3v) is 7.89. The number of aromatic amines is 1. The molecule has 5 rings (SSSR count). The molecule has 39 heavy (non-hydrogen) atoms.